The Kier molecular flexibility index (Phi) is 8.97. The molecule has 0 bridgehead atoms. The lowest BCUT2D eigenvalue weighted by molar-refractivity contribution is -0.131. The maximum absolute atomic E-state index is 16.6. The molecule has 0 spiro atoms. The third kappa shape index (κ3) is 6.31. The summed E-state index contributed by atoms with van der Waals surface area (Å²) in [7, 11) is 3.21. The Morgan fingerprint density at radius 2 is 1.73 bits per heavy atom. The third-order valence-electron chi connectivity index (χ3n) is 9.25. The molecular weight excluding hydrogens is 627 g/mol. The highest BCUT2D eigenvalue weighted by atomic mass is 19.1. The summed E-state index contributed by atoms with van der Waals surface area (Å²) in [6.07, 6.45) is 9.54. The summed E-state index contributed by atoms with van der Waals surface area (Å²) in [6.45, 7) is 3.42. The predicted octanol–water partition coefficient (Wildman–Crippen LogP) is 4.65. The number of nitrogens with zero attached hydrogens (tertiary/aromatic N) is 7. The summed E-state index contributed by atoms with van der Waals surface area (Å²) in [5.41, 5.74) is 4.05. The van der Waals surface area contributed by atoms with Gasteiger partial charge in [-0.3, -0.25) is 19.3 Å². The van der Waals surface area contributed by atoms with Crippen LogP contribution in [0, 0.1) is 5.82 Å². The summed E-state index contributed by atoms with van der Waals surface area (Å²) in [6, 6.07) is 13.0. The first-order valence-corrected chi connectivity index (χ1v) is 16.3. The summed E-state index contributed by atoms with van der Waals surface area (Å²) >= 11 is 0. The topological polar surface area (TPSA) is 122 Å². The average Bonchev–Trinajstić information content (AvgIpc) is 3.85. The van der Waals surface area contributed by atoms with Crippen molar-refractivity contribution in [3.8, 4) is 22.6 Å². The number of methoxy groups -OCH3 is 2. The predicted molar refractivity (Wildman–Crippen MR) is 183 cm³/mol. The van der Waals surface area contributed by atoms with Gasteiger partial charge in [-0.2, -0.15) is 0 Å². The molecule has 2 amide bonds. The first-order chi connectivity index (χ1) is 23.9. The van der Waals surface area contributed by atoms with Gasteiger partial charge in [-0.05, 0) is 41.8 Å². The molecule has 0 aliphatic carbocycles. The summed E-state index contributed by atoms with van der Waals surface area (Å²) in [4.78, 5) is 40.1. The number of aromatic nitrogens is 5. The van der Waals surface area contributed by atoms with E-state index in [2.05, 4.69) is 25.2 Å². The van der Waals surface area contributed by atoms with Crippen LogP contribution in [0.25, 0.3) is 27.6 Å². The van der Waals surface area contributed by atoms with Crippen LogP contribution in [0.15, 0.2) is 73.3 Å². The van der Waals surface area contributed by atoms with Crippen LogP contribution in [0.5, 0.6) is 11.5 Å². The van der Waals surface area contributed by atoms with Crippen molar-refractivity contribution in [2.45, 2.75) is 19.4 Å². The Bertz CT molecular complexity index is 2020. The highest BCUT2D eigenvalue weighted by molar-refractivity contribution is 6.05. The first-order valence-electron chi connectivity index (χ1n) is 16.3. The number of hydrogen-bond acceptors (Lipinski definition) is 8. The lowest BCUT2D eigenvalue weighted by atomic mass is 9.93. The number of rotatable bonds is 9. The number of pyridine rings is 1. The Hall–Kier alpha value is -5.72. The van der Waals surface area contributed by atoms with Crippen LogP contribution in [0.1, 0.15) is 28.9 Å². The molecule has 0 atom stereocenters. The summed E-state index contributed by atoms with van der Waals surface area (Å²) < 4.78 is 29.5. The van der Waals surface area contributed by atoms with Crippen LogP contribution in [-0.2, 0) is 11.3 Å². The number of benzene rings is 2. The van der Waals surface area contributed by atoms with E-state index in [0.29, 0.717) is 79.4 Å². The number of carbonyl (C=O) groups excluding carboxylic acids is 2. The zero-order chi connectivity index (χ0) is 33.9. The number of nitrogens with one attached hydrogen (secondary N) is 1. The fourth-order valence-electron chi connectivity index (χ4n) is 6.68. The van der Waals surface area contributed by atoms with Crippen LogP contribution < -0.4 is 14.4 Å². The molecule has 2 aliphatic heterocycles. The highest BCUT2D eigenvalue weighted by Crippen LogP contribution is 2.40. The summed E-state index contributed by atoms with van der Waals surface area (Å²) in [5.74, 6) is 0.597. The van der Waals surface area contributed by atoms with Crippen LogP contribution in [0.4, 0.5) is 10.1 Å². The normalized spacial score (nSPS) is 15.0. The van der Waals surface area contributed by atoms with Gasteiger partial charge in [0.15, 0.2) is 11.6 Å². The van der Waals surface area contributed by atoms with Crippen molar-refractivity contribution >= 4 is 34.0 Å². The molecule has 12 nitrogen and oxygen atoms in total. The minimum atomic E-state index is -0.467. The minimum absolute atomic E-state index is 0.0391. The third-order valence-corrected chi connectivity index (χ3v) is 9.25. The standard InChI is InChI=1S/C36H37FN8O4/c1-48-31-8-4-3-7-25(31)27-20-26(24-6-5-13-44(23-24)33(46)10-14-45-15-12-39-41-45)34(37)35-28(27)21-29(40-35)36(47)43-18-16-42(17-19-43)30-9-11-38-22-32(30)49-2/h3-4,6-9,11-12,15,20-22,40H,5,10,13-14,16-19,23H2,1-2H3. The maximum Gasteiger partial charge on any atom is 0.270 e. The molecule has 5 heterocycles. The smallest absolute Gasteiger partial charge is 0.270 e. The average molecular weight is 665 g/mol. The molecular formula is C36H37FN8O4. The lowest BCUT2D eigenvalue weighted by Gasteiger charge is -2.36. The van der Waals surface area contributed by atoms with E-state index >= 15 is 4.39 Å². The van der Waals surface area contributed by atoms with Crippen molar-refractivity contribution in [2.24, 2.45) is 0 Å². The van der Waals surface area contributed by atoms with E-state index in [1.807, 2.05) is 42.5 Å². The summed E-state index contributed by atoms with van der Waals surface area (Å²) in [5, 5.41) is 8.31. The number of hydrogen-bond donors (Lipinski definition) is 1. The Morgan fingerprint density at radius 3 is 2.51 bits per heavy atom. The molecule has 49 heavy (non-hydrogen) atoms. The van der Waals surface area contributed by atoms with E-state index in [9.17, 15) is 9.59 Å². The number of amides is 2. The number of fused-ring (bicyclic) bond motifs is 1. The molecule has 1 fully saturated rings. The molecule has 0 saturated carbocycles. The second kappa shape index (κ2) is 13.8. The van der Waals surface area contributed by atoms with E-state index < -0.39 is 5.82 Å². The van der Waals surface area contributed by atoms with Crippen LogP contribution in [-0.4, -0.2) is 100 Å². The molecule has 1 saturated heterocycles. The van der Waals surface area contributed by atoms with Gasteiger partial charge in [0.05, 0.1) is 44.4 Å². The second-order valence-electron chi connectivity index (χ2n) is 12.0. The van der Waals surface area contributed by atoms with Crippen LogP contribution in [0.2, 0.25) is 0 Å². The van der Waals surface area contributed by atoms with Gasteiger partial charge in [-0.25, -0.2) is 4.39 Å². The number of halogens is 1. The monoisotopic (exact) mass is 664 g/mol. The molecule has 7 rings (SSSR count). The van der Waals surface area contributed by atoms with Gasteiger partial charge < -0.3 is 29.2 Å². The van der Waals surface area contributed by atoms with Gasteiger partial charge in [0.2, 0.25) is 5.91 Å². The number of para-hydroxylation sites is 1. The fraction of sp³-hybridized carbons (Fsp3) is 0.306. The van der Waals surface area contributed by atoms with E-state index in [1.165, 1.54) is 0 Å². The second-order valence-corrected chi connectivity index (χ2v) is 12.0. The van der Waals surface area contributed by atoms with Crippen molar-refractivity contribution in [3.63, 3.8) is 0 Å². The van der Waals surface area contributed by atoms with Gasteiger partial charge in [0.25, 0.3) is 5.91 Å². The zero-order valence-corrected chi connectivity index (χ0v) is 27.4. The molecule has 13 heteroatoms. The van der Waals surface area contributed by atoms with Gasteiger partial charge in [-0.15, -0.1) is 5.10 Å². The Labute approximate surface area is 282 Å². The van der Waals surface area contributed by atoms with E-state index in [-0.39, 0.29) is 30.3 Å². The Morgan fingerprint density at radius 1 is 0.918 bits per heavy atom. The van der Waals surface area contributed by atoms with Crippen molar-refractivity contribution in [1.29, 1.82) is 0 Å². The van der Waals surface area contributed by atoms with Crippen molar-refractivity contribution < 1.29 is 23.5 Å². The molecule has 2 aliphatic rings. The van der Waals surface area contributed by atoms with E-state index in [0.717, 1.165) is 16.8 Å². The quantitative estimate of drug-likeness (QED) is 0.242. The molecule has 1 N–H and O–H groups in total. The number of carbonyl (C=O) groups is 2. The van der Waals surface area contributed by atoms with E-state index in [1.54, 1.807) is 59.6 Å². The molecule has 0 radical (unpaired) electrons. The SMILES string of the molecule is COc1ccccc1-c1cc(C2=CCCN(C(=O)CCn3ccnn3)C2)c(F)c2[nH]c(C(=O)N3CCN(c4ccncc4OC)CC3)cc12. The molecule has 5 aromatic rings. The number of aryl methyl sites for hydroxylation is 1. The van der Waals surface area contributed by atoms with Crippen molar-refractivity contribution in [3.05, 3.63) is 90.4 Å². The number of piperazine rings is 1. The Balaban J connectivity index is 1.19. The molecule has 0 unspecified atom stereocenters. The number of aromatic amines is 1. The minimum Gasteiger partial charge on any atom is -0.496 e. The molecule has 252 valence electrons. The van der Waals surface area contributed by atoms with E-state index in [4.69, 9.17) is 9.47 Å². The van der Waals surface area contributed by atoms with Gasteiger partial charge in [-0.1, -0.05) is 29.5 Å². The largest absolute Gasteiger partial charge is 0.496 e. The van der Waals surface area contributed by atoms with Crippen LogP contribution >= 0.6 is 0 Å². The number of anilines is 1. The number of H-pyrrole nitrogens is 1. The van der Waals surface area contributed by atoms with Gasteiger partial charge in [0, 0.05) is 74.6 Å². The fourth-order valence-corrected chi connectivity index (χ4v) is 6.68. The zero-order valence-electron chi connectivity index (χ0n) is 27.4. The van der Waals surface area contributed by atoms with Crippen molar-refractivity contribution in [1.82, 2.24) is 34.8 Å². The van der Waals surface area contributed by atoms with Crippen molar-refractivity contribution in [2.75, 3.05) is 58.4 Å². The van der Waals surface area contributed by atoms with Gasteiger partial charge in [0.1, 0.15) is 11.4 Å². The first kappa shape index (κ1) is 31.9. The number of ether oxygens (including phenoxy) is 2. The highest BCUT2D eigenvalue weighted by Gasteiger charge is 2.28. The maximum atomic E-state index is 16.6. The van der Waals surface area contributed by atoms with Gasteiger partial charge >= 0.3 is 0 Å². The molecule has 2 aromatic carbocycles. The molecule has 3 aromatic heterocycles. The lowest BCUT2D eigenvalue weighted by Crippen LogP contribution is -2.49. The van der Waals surface area contributed by atoms with Crippen LogP contribution in [0.3, 0.4) is 0 Å².